The van der Waals surface area contributed by atoms with Crippen LogP contribution in [0.25, 0.3) is 0 Å². The average Bonchev–Trinajstić information content (AvgIpc) is 2.29. The van der Waals surface area contributed by atoms with Crippen molar-refractivity contribution in [3.8, 4) is 0 Å². The van der Waals surface area contributed by atoms with Gasteiger partial charge in [-0.3, -0.25) is 4.79 Å². The van der Waals surface area contributed by atoms with Crippen LogP contribution in [0.2, 0.25) is 0 Å². The van der Waals surface area contributed by atoms with Gasteiger partial charge >= 0.3 is 5.97 Å². The molecule has 0 aromatic carbocycles. The van der Waals surface area contributed by atoms with Crippen LogP contribution in [0.5, 0.6) is 0 Å². The van der Waals surface area contributed by atoms with Gasteiger partial charge < -0.3 is 5.11 Å². The highest BCUT2D eigenvalue weighted by atomic mass is 16.4. The Balaban J connectivity index is 3.47. The summed E-state index contributed by atoms with van der Waals surface area (Å²) in [5, 5.41) is 9.15. The van der Waals surface area contributed by atoms with Crippen LogP contribution in [0.4, 0.5) is 0 Å². The van der Waals surface area contributed by atoms with Crippen molar-refractivity contribution in [3.63, 3.8) is 0 Å². The first-order valence-corrected chi connectivity index (χ1v) is 8.16. The van der Waals surface area contributed by atoms with E-state index in [-0.39, 0.29) is 5.92 Å². The fourth-order valence-electron chi connectivity index (χ4n) is 2.56. The largest absolute Gasteiger partial charge is 0.481 e. The molecule has 0 spiro atoms. The summed E-state index contributed by atoms with van der Waals surface area (Å²) >= 11 is 0. The van der Waals surface area contributed by atoms with Gasteiger partial charge in [-0.15, -0.1) is 0 Å². The van der Waals surface area contributed by atoms with Gasteiger partial charge in [0.2, 0.25) is 0 Å². The highest BCUT2D eigenvalue weighted by Gasteiger charge is 2.17. The number of unbranched alkanes of at least 4 members (excludes halogenated alkanes) is 5. The molecular formula is C17H34O2. The van der Waals surface area contributed by atoms with Crippen molar-refractivity contribution in [2.45, 2.75) is 85.5 Å². The minimum atomic E-state index is -0.606. The summed E-state index contributed by atoms with van der Waals surface area (Å²) in [7, 11) is 0. The van der Waals surface area contributed by atoms with Crippen LogP contribution in [0, 0.1) is 17.8 Å². The van der Waals surface area contributed by atoms with E-state index in [1.807, 2.05) is 0 Å². The third-order valence-corrected chi connectivity index (χ3v) is 3.69. The first-order chi connectivity index (χ1) is 8.93. The highest BCUT2D eigenvalue weighted by molar-refractivity contribution is 5.69. The summed E-state index contributed by atoms with van der Waals surface area (Å²) in [4.78, 5) is 11.1. The average molecular weight is 270 g/mol. The Bertz CT molecular complexity index is 221. The van der Waals surface area contributed by atoms with E-state index in [0.29, 0.717) is 5.92 Å². The Morgan fingerprint density at radius 3 is 1.68 bits per heavy atom. The molecule has 0 bridgehead atoms. The molecule has 0 heterocycles. The second kappa shape index (κ2) is 11.3. The highest BCUT2D eigenvalue weighted by Crippen LogP contribution is 2.20. The molecule has 114 valence electrons. The van der Waals surface area contributed by atoms with Crippen molar-refractivity contribution in [3.05, 3.63) is 0 Å². The third kappa shape index (κ3) is 12.3. The lowest BCUT2D eigenvalue weighted by atomic mass is 9.92. The molecule has 0 aliphatic heterocycles. The van der Waals surface area contributed by atoms with Crippen molar-refractivity contribution in [1.82, 2.24) is 0 Å². The Labute approximate surface area is 120 Å². The van der Waals surface area contributed by atoms with Crippen molar-refractivity contribution >= 4 is 5.97 Å². The quantitative estimate of drug-likeness (QED) is 0.475. The van der Waals surface area contributed by atoms with Gasteiger partial charge in [-0.25, -0.2) is 0 Å². The van der Waals surface area contributed by atoms with E-state index in [9.17, 15) is 4.79 Å². The summed E-state index contributed by atoms with van der Waals surface area (Å²) in [6, 6.07) is 0. The standard InChI is InChI=1S/C17H34O2/c1-14(2)11-9-7-5-6-8-10-12-16(17(18)19)13-15(3)4/h14-16H,5-13H2,1-4H3,(H,18,19). The van der Waals surface area contributed by atoms with Crippen LogP contribution >= 0.6 is 0 Å². The molecular weight excluding hydrogens is 236 g/mol. The molecule has 1 N–H and O–H groups in total. The van der Waals surface area contributed by atoms with E-state index >= 15 is 0 Å². The van der Waals surface area contributed by atoms with Crippen LogP contribution < -0.4 is 0 Å². The summed E-state index contributed by atoms with van der Waals surface area (Å²) in [5.74, 6) is 0.580. The van der Waals surface area contributed by atoms with Gasteiger partial charge in [0.1, 0.15) is 0 Å². The van der Waals surface area contributed by atoms with E-state index in [1.165, 1.54) is 38.5 Å². The molecule has 0 saturated heterocycles. The zero-order valence-electron chi connectivity index (χ0n) is 13.5. The van der Waals surface area contributed by atoms with Gasteiger partial charge in [0.25, 0.3) is 0 Å². The minimum Gasteiger partial charge on any atom is -0.481 e. The predicted molar refractivity (Wildman–Crippen MR) is 82.4 cm³/mol. The lowest BCUT2D eigenvalue weighted by Crippen LogP contribution is -2.15. The summed E-state index contributed by atoms with van der Waals surface area (Å²) in [6.45, 7) is 8.76. The summed E-state index contributed by atoms with van der Waals surface area (Å²) in [6.07, 6.45) is 10.6. The maximum atomic E-state index is 11.1. The summed E-state index contributed by atoms with van der Waals surface area (Å²) in [5.41, 5.74) is 0. The second-order valence-electron chi connectivity index (χ2n) is 6.76. The van der Waals surface area contributed by atoms with E-state index in [1.54, 1.807) is 0 Å². The Morgan fingerprint density at radius 2 is 1.26 bits per heavy atom. The molecule has 2 nitrogen and oxygen atoms in total. The van der Waals surface area contributed by atoms with E-state index in [2.05, 4.69) is 27.7 Å². The molecule has 1 atom stereocenters. The molecule has 0 aromatic rings. The number of carbonyl (C=O) groups is 1. The Kier molecular flexibility index (Phi) is 11.0. The topological polar surface area (TPSA) is 37.3 Å². The van der Waals surface area contributed by atoms with Crippen LogP contribution in [0.15, 0.2) is 0 Å². The fraction of sp³-hybridized carbons (Fsp3) is 0.941. The number of carboxylic acid groups (broad SMARTS) is 1. The zero-order valence-corrected chi connectivity index (χ0v) is 13.5. The van der Waals surface area contributed by atoms with Crippen LogP contribution in [0.1, 0.15) is 85.5 Å². The number of hydrogen-bond donors (Lipinski definition) is 1. The first-order valence-electron chi connectivity index (χ1n) is 8.16. The zero-order chi connectivity index (χ0) is 14.7. The van der Waals surface area contributed by atoms with Gasteiger partial charge in [0, 0.05) is 0 Å². The van der Waals surface area contributed by atoms with Gasteiger partial charge in [-0.2, -0.15) is 0 Å². The predicted octanol–water partition coefficient (Wildman–Crippen LogP) is 5.51. The smallest absolute Gasteiger partial charge is 0.306 e. The third-order valence-electron chi connectivity index (χ3n) is 3.69. The molecule has 0 rings (SSSR count). The van der Waals surface area contributed by atoms with E-state index in [4.69, 9.17) is 5.11 Å². The fourth-order valence-corrected chi connectivity index (χ4v) is 2.56. The van der Waals surface area contributed by atoms with Gasteiger partial charge in [-0.1, -0.05) is 72.6 Å². The molecule has 0 fully saturated rings. The molecule has 19 heavy (non-hydrogen) atoms. The maximum absolute atomic E-state index is 11.1. The van der Waals surface area contributed by atoms with Gasteiger partial charge in [0.15, 0.2) is 0 Å². The van der Waals surface area contributed by atoms with Crippen LogP contribution in [-0.2, 0) is 4.79 Å². The monoisotopic (exact) mass is 270 g/mol. The minimum absolute atomic E-state index is 0.124. The van der Waals surface area contributed by atoms with Crippen LogP contribution in [-0.4, -0.2) is 11.1 Å². The molecule has 0 radical (unpaired) electrons. The molecule has 0 aliphatic carbocycles. The second-order valence-corrected chi connectivity index (χ2v) is 6.76. The van der Waals surface area contributed by atoms with Crippen LogP contribution in [0.3, 0.4) is 0 Å². The number of carboxylic acids is 1. The van der Waals surface area contributed by atoms with Gasteiger partial charge in [0.05, 0.1) is 5.92 Å². The lowest BCUT2D eigenvalue weighted by Gasteiger charge is -2.14. The molecule has 0 amide bonds. The SMILES string of the molecule is CC(C)CCCCCCCCC(CC(C)C)C(=O)O. The number of aliphatic carboxylic acids is 1. The van der Waals surface area contributed by atoms with Crippen molar-refractivity contribution in [2.24, 2.45) is 17.8 Å². The van der Waals surface area contributed by atoms with E-state index < -0.39 is 5.97 Å². The summed E-state index contributed by atoms with van der Waals surface area (Å²) < 4.78 is 0. The van der Waals surface area contributed by atoms with E-state index in [0.717, 1.165) is 25.2 Å². The van der Waals surface area contributed by atoms with Crippen molar-refractivity contribution in [2.75, 3.05) is 0 Å². The number of rotatable bonds is 12. The molecule has 0 aliphatic rings. The molecule has 0 saturated carbocycles. The Hall–Kier alpha value is -0.530. The van der Waals surface area contributed by atoms with Gasteiger partial charge in [-0.05, 0) is 24.7 Å². The number of hydrogen-bond acceptors (Lipinski definition) is 1. The normalized spacial score (nSPS) is 13.2. The Morgan fingerprint density at radius 1 is 0.789 bits per heavy atom. The molecule has 2 heteroatoms. The lowest BCUT2D eigenvalue weighted by molar-refractivity contribution is -0.142. The first kappa shape index (κ1) is 18.5. The molecule has 0 aromatic heterocycles. The van der Waals surface area contributed by atoms with Crippen molar-refractivity contribution in [1.29, 1.82) is 0 Å². The van der Waals surface area contributed by atoms with Crippen molar-refractivity contribution < 1.29 is 9.90 Å². The maximum Gasteiger partial charge on any atom is 0.306 e. The molecule has 1 unspecified atom stereocenters.